The van der Waals surface area contributed by atoms with Crippen LogP contribution in [0.15, 0.2) is 18.2 Å². The second-order valence-electron chi connectivity index (χ2n) is 5.37. The van der Waals surface area contributed by atoms with E-state index in [0.717, 1.165) is 23.6 Å². The van der Waals surface area contributed by atoms with Crippen LogP contribution in [0, 0.1) is 5.82 Å². The van der Waals surface area contributed by atoms with E-state index in [1.54, 1.807) is 6.07 Å². The van der Waals surface area contributed by atoms with Crippen molar-refractivity contribution in [1.29, 1.82) is 0 Å². The largest absolute Gasteiger partial charge is 0.354 e. The van der Waals surface area contributed by atoms with Gasteiger partial charge < -0.3 is 10.3 Å². The zero-order valence-corrected chi connectivity index (χ0v) is 11.3. The van der Waals surface area contributed by atoms with Crippen LogP contribution in [0.25, 0.3) is 11.0 Å². The summed E-state index contributed by atoms with van der Waals surface area (Å²) in [5.41, 5.74) is 1.51. The molecule has 1 aromatic carbocycles. The van der Waals surface area contributed by atoms with Gasteiger partial charge in [-0.3, -0.25) is 4.90 Å². The molecule has 1 saturated carbocycles. The van der Waals surface area contributed by atoms with Crippen LogP contribution in [0.4, 0.5) is 10.3 Å². The normalized spacial score (nSPS) is 17.1. The lowest BCUT2D eigenvalue weighted by Crippen LogP contribution is -2.36. The Balaban J connectivity index is 1.64. The Labute approximate surface area is 112 Å². The zero-order valence-electron chi connectivity index (χ0n) is 11.3. The first-order valence-corrected chi connectivity index (χ1v) is 6.74. The Kier molecular flexibility index (Phi) is 3.14. The molecule has 19 heavy (non-hydrogen) atoms. The molecule has 1 unspecified atom stereocenters. The van der Waals surface area contributed by atoms with Crippen molar-refractivity contribution in [3.63, 3.8) is 0 Å². The van der Waals surface area contributed by atoms with Crippen molar-refractivity contribution in [3.05, 3.63) is 24.0 Å². The minimum absolute atomic E-state index is 0.246. The number of anilines is 1. The van der Waals surface area contributed by atoms with E-state index in [0.29, 0.717) is 12.0 Å². The second-order valence-corrected chi connectivity index (χ2v) is 5.37. The Bertz CT molecular complexity index is 576. The van der Waals surface area contributed by atoms with Crippen LogP contribution in [0.2, 0.25) is 0 Å². The van der Waals surface area contributed by atoms with E-state index in [1.165, 1.54) is 25.0 Å². The number of hydrogen-bond acceptors (Lipinski definition) is 3. The van der Waals surface area contributed by atoms with Crippen molar-refractivity contribution in [2.75, 3.05) is 18.9 Å². The molecule has 2 N–H and O–H groups in total. The van der Waals surface area contributed by atoms with E-state index in [1.807, 2.05) is 0 Å². The van der Waals surface area contributed by atoms with Crippen LogP contribution < -0.4 is 5.32 Å². The minimum Gasteiger partial charge on any atom is -0.354 e. The summed E-state index contributed by atoms with van der Waals surface area (Å²) in [5, 5.41) is 3.29. The molecule has 1 heterocycles. The van der Waals surface area contributed by atoms with Crippen molar-refractivity contribution in [2.24, 2.45) is 0 Å². The monoisotopic (exact) mass is 262 g/mol. The Morgan fingerprint density at radius 3 is 3.05 bits per heavy atom. The summed E-state index contributed by atoms with van der Waals surface area (Å²) < 4.78 is 13.1. The Morgan fingerprint density at radius 1 is 1.53 bits per heavy atom. The number of nitrogens with zero attached hydrogens (tertiary/aromatic N) is 2. The van der Waals surface area contributed by atoms with Crippen LogP contribution in [0.1, 0.15) is 19.8 Å². The minimum atomic E-state index is -0.246. The second kappa shape index (κ2) is 4.81. The highest BCUT2D eigenvalue weighted by Gasteiger charge is 2.28. The van der Waals surface area contributed by atoms with Crippen LogP contribution in [-0.2, 0) is 0 Å². The molecule has 3 rings (SSSR count). The van der Waals surface area contributed by atoms with Crippen LogP contribution >= 0.6 is 0 Å². The van der Waals surface area contributed by atoms with Gasteiger partial charge in [0.1, 0.15) is 5.82 Å². The van der Waals surface area contributed by atoms with Crippen molar-refractivity contribution in [3.8, 4) is 0 Å². The summed E-state index contributed by atoms with van der Waals surface area (Å²) in [5.74, 6) is 0.459. The van der Waals surface area contributed by atoms with Gasteiger partial charge in [-0.2, -0.15) is 0 Å². The fourth-order valence-corrected chi connectivity index (χ4v) is 2.30. The third kappa shape index (κ3) is 2.71. The number of halogens is 1. The molecule has 0 bridgehead atoms. The molecule has 2 aromatic rings. The number of likely N-dealkylation sites (N-methyl/N-ethyl adjacent to an activating group) is 1. The van der Waals surface area contributed by atoms with Gasteiger partial charge in [-0.15, -0.1) is 0 Å². The number of rotatable bonds is 5. The first-order valence-electron chi connectivity index (χ1n) is 6.74. The topological polar surface area (TPSA) is 44.0 Å². The summed E-state index contributed by atoms with van der Waals surface area (Å²) in [6.45, 7) is 3.03. The lowest BCUT2D eigenvalue weighted by molar-refractivity contribution is 0.257. The van der Waals surface area contributed by atoms with E-state index >= 15 is 0 Å². The number of benzene rings is 1. The Morgan fingerprint density at radius 2 is 2.32 bits per heavy atom. The van der Waals surface area contributed by atoms with Crippen molar-refractivity contribution >= 4 is 17.0 Å². The average Bonchev–Trinajstić information content (AvgIpc) is 3.16. The third-order valence-electron chi connectivity index (χ3n) is 3.83. The predicted octanol–water partition coefficient (Wildman–Crippen LogP) is 2.60. The first-order chi connectivity index (χ1) is 9.13. The molecule has 1 aromatic heterocycles. The zero-order chi connectivity index (χ0) is 13.4. The summed E-state index contributed by atoms with van der Waals surface area (Å²) in [6, 6.07) is 5.79. The molecule has 0 radical (unpaired) electrons. The maximum absolute atomic E-state index is 13.1. The number of nitrogens with one attached hydrogen (secondary N) is 2. The van der Waals surface area contributed by atoms with Crippen molar-refractivity contribution < 1.29 is 4.39 Å². The molecule has 1 atom stereocenters. The molecular weight excluding hydrogens is 243 g/mol. The van der Waals surface area contributed by atoms with Gasteiger partial charge in [0.2, 0.25) is 5.95 Å². The molecule has 102 valence electrons. The average molecular weight is 262 g/mol. The highest BCUT2D eigenvalue weighted by Crippen LogP contribution is 2.27. The number of aromatic amines is 1. The number of hydrogen-bond donors (Lipinski definition) is 2. The van der Waals surface area contributed by atoms with Gasteiger partial charge in [0.25, 0.3) is 0 Å². The van der Waals surface area contributed by atoms with Crippen LogP contribution in [0.5, 0.6) is 0 Å². The summed E-state index contributed by atoms with van der Waals surface area (Å²) in [7, 11) is 2.16. The number of H-pyrrole nitrogens is 1. The van der Waals surface area contributed by atoms with E-state index in [9.17, 15) is 4.39 Å². The van der Waals surface area contributed by atoms with Gasteiger partial charge >= 0.3 is 0 Å². The molecule has 0 amide bonds. The molecular formula is C14H19FN4. The number of aromatic nitrogens is 2. The molecule has 1 fully saturated rings. The standard InChI is InChI=1S/C14H19FN4/c1-9(19(2)11-4-5-11)8-16-14-17-12-6-3-10(15)7-13(12)18-14/h3,6-7,9,11H,4-5,8H2,1-2H3,(H2,16,17,18). The van der Waals surface area contributed by atoms with E-state index in [2.05, 4.69) is 34.2 Å². The smallest absolute Gasteiger partial charge is 0.201 e. The Hall–Kier alpha value is -1.62. The van der Waals surface area contributed by atoms with E-state index in [-0.39, 0.29) is 5.82 Å². The fraction of sp³-hybridized carbons (Fsp3) is 0.500. The first kappa shape index (κ1) is 12.4. The maximum atomic E-state index is 13.1. The molecule has 1 aliphatic rings. The summed E-state index contributed by atoms with van der Waals surface area (Å²) >= 11 is 0. The van der Waals surface area contributed by atoms with Gasteiger partial charge in [-0.05, 0) is 45.0 Å². The van der Waals surface area contributed by atoms with E-state index in [4.69, 9.17) is 0 Å². The molecule has 0 aliphatic heterocycles. The molecule has 5 heteroatoms. The highest BCUT2D eigenvalue weighted by molar-refractivity contribution is 5.77. The van der Waals surface area contributed by atoms with Gasteiger partial charge in [-0.1, -0.05) is 0 Å². The molecule has 0 spiro atoms. The SMILES string of the molecule is CC(CNc1nc2ccc(F)cc2[nH]1)N(C)C1CC1. The lowest BCUT2D eigenvalue weighted by atomic mass is 10.3. The number of imidazole rings is 1. The van der Waals surface area contributed by atoms with Gasteiger partial charge in [0, 0.05) is 18.6 Å². The molecule has 4 nitrogen and oxygen atoms in total. The third-order valence-corrected chi connectivity index (χ3v) is 3.83. The summed E-state index contributed by atoms with van der Waals surface area (Å²) in [4.78, 5) is 9.89. The lowest BCUT2D eigenvalue weighted by Gasteiger charge is -2.24. The summed E-state index contributed by atoms with van der Waals surface area (Å²) in [6.07, 6.45) is 2.62. The van der Waals surface area contributed by atoms with Crippen molar-refractivity contribution in [1.82, 2.24) is 14.9 Å². The van der Waals surface area contributed by atoms with Gasteiger partial charge in [0.05, 0.1) is 11.0 Å². The molecule has 1 aliphatic carbocycles. The quantitative estimate of drug-likeness (QED) is 0.870. The van der Waals surface area contributed by atoms with Gasteiger partial charge in [0.15, 0.2) is 0 Å². The highest BCUT2D eigenvalue weighted by atomic mass is 19.1. The van der Waals surface area contributed by atoms with Crippen LogP contribution in [0.3, 0.4) is 0 Å². The maximum Gasteiger partial charge on any atom is 0.201 e. The fourth-order valence-electron chi connectivity index (χ4n) is 2.30. The van der Waals surface area contributed by atoms with E-state index < -0.39 is 0 Å². The van der Waals surface area contributed by atoms with Crippen LogP contribution in [-0.4, -0.2) is 40.5 Å². The van der Waals surface area contributed by atoms with Gasteiger partial charge in [-0.25, -0.2) is 9.37 Å². The predicted molar refractivity (Wildman–Crippen MR) is 74.8 cm³/mol. The molecule has 0 saturated heterocycles. The number of fused-ring (bicyclic) bond motifs is 1. The van der Waals surface area contributed by atoms with Crippen molar-refractivity contribution in [2.45, 2.75) is 31.8 Å².